The van der Waals surface area contributed by atoms with Crippen LogP contribution in [0.25, 0.3) is 0 Å². The second kappa shape index (κ2) is 10.8. The van der Waals surface area contributed by atoms with E-state index in [1.165, 1.54) is 0 Å². The second-order valence-corrected chi connectivity index (χ2v) is 3.03. The summed E-state index contributed by atoms with van der Waals surface area (Å²) in [7, 11) is 0. The Bertz CT molecular complexity index is 102. The van der Waals surface area contributed by atoms with Gasteiger partial charge in [-0.3, -0.25) is 10.6 Å². The average molecular weight is 204 g/mol. The van der Waals surface area contributed by atoms with Crippen molar-refractivity contribution >= 4 is 0 Å². The summed E-state index contributed by atoms with van der Waals surface area (Å²) >= 11 is 0. The monoisotopic (exact) mass is 204 g/mol. The van der Waals surface area contributed by atoms with Crippen LogP contribution in [0.15, 0.2) is 0 Å². The van der Waals surface area contributed by atoms with Crippen LogP contribution in [0, 0.1) is 0 Å². The van der Waals surface area contributed by atoms with Crippen molar-refractivity contribution in [1.82, 2.24) is 16.0 Å². The number of hydrogen-bond donors (Lipinski definition) is 6. The minimum absolute atomic E-state index is 0.216. The fourth-order valence-electron chi connectivity index (χ4n) is 1.08. The van der Waals surface area contributed by atoms with Crippen LogP contribution in [0.5, 0.6) is 0 Å². The first-order valence-corrected chi connectivity index (χ1v) is 5.12. The third-order valence-corrected chi connectivity index (χ3v) is 1.74. The molecule has 0 radical (unpaired) electrons. The fourth-order valence-corrected chi connectivity index (χ4v) is 1.08. The Balaban J connectivity index is 3.49. The third kappa shape index (κ3) is 8.36. The first kappa shape index (κ1) is 13.8. The zero-order valence-electron chi connectivity index (χ0n) is 8.76. The molecule has 0 unspecified atom stereocenters. The molecule has 14 heavy (non-hydrogen) atoms. The highest BCUT2D eigenvalue weighted by atomic mass is 15.2. The molecule has 0 aliphatic rings. The number of nitrogens with two attached hydrogens (primary N) is 3. The normalized spacial score (nSPS) is 11.1. The SMILES string of the molecule is NCCNCC(NCCN)NCCN. The highest BCUT2D eigenvalue weighted by Crippen LogP contribution is 1.74. The van der Waals surface area contributed by atoms with Crippen molar-refractivity contribution in [3.63, 3.8) is 0 Å². The van der Waals surface area contributed by atoms with Gasteiger partial charge in [-0.1, -0.05) is 0 Å². The molecule has 0 aromatic rings. The van der Waals surface area contributed by atoms with Gasteiger partial charge in [0.15, 0.2) is 0 Å². The summed E-state index contributed by atoms with van der Waals surface area (Å²) in [6.07, 6.45) is 0.216. The Morgan fingerprint density at radius 2 is 1.29 bits per heavy atom. The third-order valence-electron chi connectivity index (χ3n) is 1.74. The van der Waals surface area contributed by atoms with Crippen molar-refractivity contribution in [3.05, 3.63) is 0 Å². The van der Waals surface area contributed by atoms with Gasteiger partial charge in [-0.2, -0.15) is 0 Å². The molecule has 0 aliphatic carbocycles. The van der Waals surface area contributed by atoms with Crippen LogP contribution >= 0.6 is 0 Å². The quantitative estimate of drug-likeness (QED) is 0.166. The van der Waals surface area contributed by atoms with Gasteiger partial charge in [0.1, 0.15) is 0 Å². The molecule has 0 rings (SSSR count). The van der Waals surface area contributed by atoms with Crippen LogP contribution in [0.1, 0.15) is 0 Å². The average Bonchev–Trinajstić information content (AvgIpc) is 2.21. The predicted molar refractivity (Wildman–Crippen MR) is 59.8 cm³/mol. The molecule has 0 saturated carbocycles. The van der Waals surface area contributed by atoms with Gasteiger partial charge in [-0.25, -0.2) is 0 Å². The van der Waals surface area contributed by atoms with Crippen molar-refractivity contribution in [2.45, 2.75) is 6.17 Å². The van der Waals surface area contributed by atoms with Gasteiger partial charge >= 0.3 is 0 Å². The van der Waals surface area contributed by atoms with Crippen molar-refractivity contribution < 1.29 is 0 Å². The van der Waals surface area contributed by atoms with E-state index in [2.05, 4.69) is 16.0 Å². The van der Waals surface area contributed by atoms with Gasteiger partial charge in [0, 0.05) is 45.8 Å². The van der Waals surface area contributed by atoms with E-state index in [0.717, 1.165) is 26.2 Å². The van der Waals surface area contributed by atoms with E-state index in [4.69, 9.17) is 17.2 Å². The molecule has 0 amide bonds. The number of hydrogen-bond acceptors (Lipinski definition) is 6. The van der Waals surface area contributed by atoms with E-state index in [-0.39, 0.29) is 6.17 Å². The molecule has 0 fully saturated rings. The maximum Gasteiger partial charge on any atom is 0.0701 e. The van der Waals surface area contributed by atoms with Gasteiger partial charge in [-0.05, 0) is 0 Å². The smallest absolute Gasteiger partial charge is 0.0701 e. The van der Waals surface area contributed by atoms with E-state index >= 15 is 0 Å². The van der Waals surface area contributed by atoms with Crippen molar-refractivity contribution in [1.29, 1.82) is 0 Å². The van der Waals surface area contributed by atoms with Crippen LogP contribution in [-0.2, 0) is 0 Å². The predicted octanol–water partition coefficient (Wildman–Crippen LogP) is -3.04. The summed E-state index contributed by atoms with van der Waals surface area (Å²) in [6, 6.07) is 0. The van der Waals surface area contributed by atoms with E-state index in [1.807, 2.05) is 0 Å². The molecule has 86 valence electrons. The van der Waals surface area contributed by atoms with Crippen LogP contribution in [0.2, 0.25) is 0 Å². The molecule has 9 N–H and O–H groups in total. The summed E-state index contributed by atoms with van der Waals surface area (Å²) in [5.41, 5.74) is 16.2. The maximum absolute atomic E-state index is 5.40. The van der Waals surface area contributed by atoms with Crippen LogP contribution < -0.4 is 33.2 Å². The Morgan fingerprint density at radius 3 is 1.71 bits per heavy atom. The second-order valence-electron chi connectivity index (χ2n) is 3.03. The molecule has 6 heteroatoms. The van der Waals surface area contributed by atoms with Crippen LogP contribution in [0.3, 0.4) is 0 Å². The summed E-state index contributed by atoms with van der Waals surface area (Å²) < 4.78 is 0. The zero-order chi connectivity index (χ0) is 10.6. The zero-order valence-corrected chi connectivity index (χ0v) is 8.76. The van der Waals surface area contributed by atoms with Gasteiger partial charge in [0.2, 0.25) is 0 Å². The standard InChI is InChI=1S/C8H24N6/c9-1-4-12-7-8(13-5-2-10)14-6-3-11/h8,12-14H,1-7,9-11H2. The Kier molecular flexibility index (Phi) is 10.7. The molecular formula is C8H24N6. The lowest BCUT2D eigenvalue weighted by molar-refractivity contribution is 0.411. The molecule has 0 aliphatic heterocycles. The molecule has 0 bridgehead atoms. The topological polar surface area (TPSA) is 114 Å². The Labute approximate surface area is 86.0 Å². The largest absolute Gasteiger partial charge is 0.329 e. The van der Waals surface area contributed by atoms with Gasteiger partial charge in [-0.15, -0.1) is 0 Å². The van der Waals surface area contributed by atoms with Crippen molar-refractivity contribution in [3.8, 4) is 0 Å². The Morgan fingerprint density at radius 1 is 0.786 bits per heavy atom. The highest BCUT2D eigenvalue weighted by Gasteiger charge is 2.04. The molecular weight excluding hydrogens is 180 g/mol. The molecule has 0 spiro atoms. The fraction of sp³-hybridized carbons (Fsp3) is 1.00. The van der Waals surface area contributed by atoms with E-state index < -0.39 is 0 Å². The van der Waals surface area contributed by atoms with Gasteiger partial charge < -0.3 is 22.5 Å². The Hall–Kier alpha value is -0.240. The van der Waals surface area contributed by atoms with Crippen molar-refractivity contribution in [2.75, 3.05) is 45.8 Å². The molecule has 0 saturated heterocycles. The lowest BCUT2D eigenvalue weighted by Gasteiger charge is -2.20. The first-order chi connectivity index (χ1) is 6.85. The van der Waals surface area contributed by atoms with E-state index in [0.29, 0.717) is 19.6 Å². The minimum atomic E-state index is 0.216. The first-order valence-electron chi connectivity index (χ1n) is 5.12. The lowest BCUT2D eigenvalue weighted by Crippen LogP contribution is -2.51. The summed E-state index contributed by atoms with van der Waals surface area (Å²) in [6.45, 7) is 5.18. The highest BCUT2D eigenvalue weighted by molar-refractivity contribution is 4.68. The van der Waals surface area contributed by atoms with Gasteiger partial charge in [0.05, 0.1) is 6.17 Å². The van der Waals surface area contributed by atoms with E-state index in [1.54, 1.807) is 0 Å². The maximum atomic E-state index is 5.40. The summed E-state index contributed by atoms with van der Waals surface area (Å²) in [5.74, 6) is 0. The molecule has 0 atom stereocenters. The summed E-state index contributed by atoms with van der Waals surface area (Å²) in [5, 5.41) is 9.76. The minimum Gasteiger partial charge on any atom is -0.329 e. The lowest BCUT2D eigenvalue weighted by atomic mass is 10.4. The molecule has 0 aromatic heterocycles. The molecule has 6 nitrogen and oxygen atoms in total. The molecule has 0 heterocycles. The van der Waals surface area contributed by atoms with E-state index in [9.17, 15) is 0 Å². The van der Waals surface area contributed by atoms with Crippen LogP contribution in [-0.4, -0.2) is 52.0 Å². The van der Waals surface area contributed by atoms with Crippen molar-refractivity contribution in [2.24, 2.45) is 17.2 Å². The summed E-state index contributed by atoms with van der Waals surface area (Å²) in [4.78, 5) is 0. The number of rotatable bonds is 10. The number of nitrogens with one attached hydrogen (secondary N) is 3. The molecule has 0 aromatic carbocycles. The van der Waals surface area contributed by atoms with Crippen LogP contribution in [0.4, 0.5) is 0 Å². The van der Waals surface area contributed by atoms with Gasteiger partial charge in [0.25, 0.3) is 0 Å².